The van der Waals surface area contributed by atoms with Gasteiger partial charge in [0.05, 0.1) is 18.8 Å². The Morgan fingerprint density at radius 2 is 1.92 bits per heavy atom. The summed E-state index contributed by atoms with van der Waals surface area (Å²) in [4.78, 5) is 12.4. The molecule has 3 aromatic rings. The van der Waals surface area contributed by atoms with Crippen molar-refractivity contribution < 1.29 is 13.9 Å². The zero-order valence-corrected chi connectivity index (χ0v) is 14.3. The van der Waals surface area contributed by atoms with Crippen LogP contribution >= 0.6 is 0 Å². The summed E-state index contributed by atoms with van der Waals surface area (Å²) >= 11 is 0. The number of ether oxygens (including phenoxy) is 1. The third kappa shape index (κ3) is 3.36. The van der Waals surface area contributed by atoms with Crippen LogP contribution in [0, 0.1) is 12.7 Å². The van der Waals surface area contributed by atoms with Gasteiger partial charge < -0.3 is 10.1 Å². The van der Waals surface area contributed by atoms with Crippen LogP contribution in [-0.2, 0) is 17.9 Å². The number of amides is 1. The maximum atomic E-state index is 13.1. The predicted octanol–water partition coefficient (Wildman–Crippen LogP) is 3.85. The van der Waals surface area contributed by atoms with Gasteiger partial charge in [-0.25, -0.2) is 4.39 Å². The van der Waals surface area contributed by atoms with Crippen molar-refractivity contribution in [2.24, 2.45) is 0 Å². The van der Waals surface area contributed by atoms with Crippen LogP contribution in [0.25, 0.3) is 0 Å². The average Bonchev–Trinajstić information content (AvgIpc) is 3.08. The van der Waals surface area contributed by atoms with E-state index in [9.17, 15) is 9.18 Å². The molecule has 132 valence electrons. The Hall–Kier alpha value is -2.99. The number of rotatable bonds is 3. The molecule has 0 saturated carbocycles. The summed E-state index contributed by atoms with van der Waals surface area (Å²) in [6.07, 6.45) is -0.212. The third-order valence-electron chi connectivity index (χ3n) is 4.42. The van der Waals surface area contributed by atoms with Crippen LogP contribution in [0.5, 0.6) is 0 Å². The van der Waals surface area contributed by atoms with Crippen molar-refractivity contribution in [1.29, 1.82) is 0 Å². The number of halogens is 1. The molecule has 4 rings (SSSR count). The minimum atomic E-state index is -0.278. The van der Waals surface area contributed by atoms with Crippen molar-refractivity contribution in [1.82, 2.24) is 9.78 Å². The second kappa shape index (κ2) is 6.72. The number of aryl methyl sites for hydroxylation is 1. The summed E-state index contributed by atoms with van der Waals surface area (Å²) in [7, 11) is 0. The van der Waals surface area contributed by atoms with Crippen LogP contribution in [-0.4, -0.2) is 15.7 Å². The van der Waals surface area contributed by atoms with Crippen LogP contribution in [0.1, 0.15) is 33.4 Å². The molecule has 1 amide bonds. The van der Waals surface area contributed by atoms with Gasteiger partial charge in [-0.3, -0.25) is 9.48 Å². The molecule has 0 spiro atoms. The Balaban J connectivity index is 1.49. The highest BCUT2D eigenvalue weighted by molar-refractivity contribution is 6.02. The Labute approximate surface area is 150 Å². The fraction of sp³-hybridized carbons (Fsp3) is 0.200. The molecular formula is C20H18FN3O2. The number of hydrogen-bond acceptors (Lipinski definition) is 3. The molecule has 1 N–H and O–H groups in total. The summed E-state index contributed by atoms with van der Waals surface area (Å²) < 4.78 is 20.7. The number of aromatic nitrogens is 2. The number of nitrogens with zero attached hydrogens (tertiary/aromatic N) is 2. The summed E-state index contributed by atoms with van der Waals surface area (Å²) in [5.41, 5.74) is 3.94. The summed E-state index contributed by atoms with van der Waals surface area (Å²) in [5.74, 6) is -0.534. The van der Waals surface area contributed by atoms with Crippen LogP contribution in [0.15, 0.2) is 54.6 Å². The molecular weight excluding hydrogens is 333 g/mol. The van der Waals surface area contributed by atoms with Crippen molar-refractivity contribution in [2.75, 3.05) is 5.32 Å². The summed E-state index contributed by atoms with van der Waals surface area (Å²) in [6.45, 7) is 2.83. The fourth-order valence-electron chi connectivity index (χ4n) is 2.95. The van der Waals surface area contributed by atoms with Crippen molar-refractivity contribution in [2.45, 2.75) is 26.2 Å². The van der Waals surface area contributed by atoms with Gasteiger partial charge in [-0.05, 0) is 42.8 Å². The van der Waals surface area contributed by atoms with Crippen molar-refractivity contribution >= 4 is 11.6 Å². The fourth-order valence-corrected chi connectivity index (χ4v) is 2.95. The minimum absolute atomic E-state index is 0.212. The van der Waals surface area contributed by atoms with E-state index in [0.29, 0.717) is 18.8 Å². The molecule has 0 unspecified atom stereocenters. The van der Waals surface area contributed by atoms with Crippen LogP contribution < -0.4 is 5.32 Å². The monoisotopic (exact) mass is 351 g/mol. The SMILES string of the molecule is Cc1ccc(NC(=O)c2cc3n(n2)C[C@H](c2ccc(F)cc2)OC3)cc1. The highest BCUT2D eigenvalue weighted by Crippen LogP contribution is 2.27. The zero-order chi connectivity index (χ0) is 18.1. The number of fused-ring (bicyclic) bond motifs is 1. The van der Waals surface area contributed by atoms with E-state index in [1.807, 2.05) is 31.2 Å². The first-order valence-electron chi connectivity index (χ1n) is 8.40. The number of carbonyl (C=O) groups is 1. The van der Waals surface area contributed by atoms with Gasteiger partial charge in [0.2, 0.25) is 0 Å². The Morgan fingerprint density at radius 1 is 1.19 bits per heavy atom. The normalized spacial score (nSPS) is 16.2. The second-order valence-electron chi connectivity index (χ2n) is 6.37. The molecule has 0 bridgehead atoms. The lowest BCUT2D eigenvalue weighted by Crippen LogP contribution is -2.22. The third-order valence-corrected chi connectivity index (χ3v) is 4.42. The number of anilines is 1. The van der Waals surface area contributed by atoms with Gasteiger partial charge in [0.25, 0.3) is 5.91 Å². The van der Waals surface area contributed by atoms with E-state index in [2.05, 4.69) is 10.4 Å². The molecule has 26 heavy (non-hydrogen) atoms. The number of benzene rings is 2. The van der Waals surface area contributed by atoms with Crippen molar-refractivity contribution in [3.05, 3.63) is 82.9 Å². The topological polar surface area (TPSA) is 56.2 Å². The van der Waals surface area contributed by atoms with E-state index in [-0.39, 0.29) is 17.8 Å². The van der Waals surface area contributed by atoms with E-state index in [4.69, 9.17) is 4.74 Å². The van der Waals surface area contributed by atoms with Gasteiger partial charge in [0.1, 0.15) is 11.9 Å². The van der Waals surface area contributed by atoms with E-state index in [1.165, 1.54) is 12.1 Å². The molecule has 0 aliphatic carbocycles. The first kappa shape index (κ1) is 16.5. The molecule has 6 heteroatoms. The number of nitrogens with one attached hydrogen (secondary N) is 1. The van der Waals surface area contributed by atoms with Crippen LogP contribution in [0.2, 0.25) is 0 Å². The molecule has 0 fully saturated rings. The second-order valence-corrected chi connectivity index (χ2v) is 6.37. The standard InChI is InChI=1S/C20H18FN3O2/c1-13-2-8-16(9-3-13)22-20(25)18-10-17-12-26-19(11-24(17)23-18)14-4-6-15(21)7-5-14/h2-10,19H,11-12H2,1H3,(H,22,25)/t19-/m1/s1. The maximum Gasteiger partial charge on any atom is 0.276 e. The Kier molecular flexibility index (Phi) is 4.26. The van der Waals surface area contributed by atoms with Crippen molar-refractivity contribution in [3.8, 4) is 0 Å². The van der Waals surface area contributed by atoms with Crippen molar-refractivity contribution in [3.63, 3.8) is 0 Å². The van der Waals surface area contributed by atoms with Gasteiger partial charge in [0, 0.05) is 5.69 Å². The Bertz CT molecular complexity index is 933. The highest BCUT2D eigenvalue weighted by Gasteiger charge is 2.24. The minimum Gasteiger partial charge on any atom is -0.365 e. The summed E-state index contributed by atoms with van der Waals surface area (Å²) in [5, 5.41) is 7.25. The molecule has 5 nitrogen and oxygen atoms in total. The van der Waals surface area contributed by atoms with E-state index in [0.717, 1.165) is 22.5 Å². The molecule has 2 heterocycles. The molecule has 0 saturated heterocycles. The van der Waals surface area contributed by atoms with Crippen LogP contribution in [0.3, 0.4) is 0 Å². The highest BCUT2D eigenvalue weighted by atomic mass is 19.1. The zero-order valence-electron chi connectivity index (χ0n) is 14.3. The van der Waals surface area contributed by atoms with Gasteiger partial charge in [-0.1, -0.05) is 29.8 Å². The Morgan fingerprint density at radius 3 is 2.65 bits per heavy atom. The maximum absolute atomic E-state index is 13.1. The number of hydrogen-bond donors (Lipinski definition) is 1. The molecule has 1 aromatic heterocycles. The predicted molar refractivity (Wildman–Crippen MR) is 95.3 cm³/mol. The van der Waals surface area contributed by atoms with E-state index >= 15 is 0 Å². The summed E-state index contributed by atoms with van der Waals surface area (Å²) in [6, 6.07) is 15.6. The van der Waals surface area contributed by atoms with Gasteiger partial charge in [-0.15, -0.1) is 0 Å². The van der Waals surface area contributed by atoms with E-state index < -0.39 is 0 Å². The molecule has 1 atom stereocenters. The quantitative estimate of drug-likeness (QED) is 0.780. The smallest absolute Gasteiger partial charge is 0.276 e. The number of carbonyl (C=O) groups excluding carboxylic acids is 1. The van der Waals surface area contributed by atoms with Gasteiger partial charge in [-0.2, -0.15) is 5.10 Å². The lowest BCUT2D eigenvalue weighted by molar-refractivity contribution is -0.00122. The van der Waals surface area contributed by atoms with Gasteiger partial charge >= 0.3 is 0 Å². The first-order chi connectivity index (χ1) is 12.6. The molecule has 2 aromatic carbocycles. The largest absolute Gasteiger partial charge is 0.365 e. The molecule has 0 radical (unpaired) electrons. The molecule has 1 aliphatic heterocycles. The van der Waals surface area contributed by atoms with Gasteiger partial charge in [0.15, 0.2) is 5.69 Å². The van der Waals surface area contributed by atoms with E-state index in [1.54, 1.807) is 22.9 Å². The lowest BCUT2D eigenvalue weighted by Gasteiger charge is -2.24. The lowest BCUT2D eigenvalue weighted by atomic mass is 10.1. The van der Waals surface area contributed by atoms with Crippen LogP contribution in [0.4, 0.5) is 10.1 Å². The average molecular weight is 351 g/mol. The molecule has 1 aliphatic rings. The first-order valence-corrected chi connectivity index (χ1v) is 8.40.